The Hall–Kier alpha value is -2.43. The Morgan fingerprint density at radius 2 is 1.90 bits per heavy atom. The second-order valence-corrected chi connectivity index (χ2v) is 4.40. The van der Waals surface area contributed by atoms with E-state index in [1.54, 1.807) is 0 Å². The van der Waals surface area contributed by atoms with Crippen LogP contribution in [0.5, 0.6) is 0 Å². The number of halogens is 1. The maximum atomic E-state index is 13.6. The van der Waals surface area contributed by atoms with Gasteiger partial charge in [0.2, 0.25) is 0 Å². The highest BCUT2D eigenvalue weighted by Crippen LogP contribution is 2.22. The normalized spacial score (nSPS) is 10.3. The Labute approximate surface area is 116 Å². The predicted octanol–water partition coefficient (Wildman–Crippen LogP) is 3.91. The molecule has 0 saturated heterocycles. The Morgan fingerprint density at radius 1 is 1.20 bits per heavy atom. The second-order valence-electron chi connectivity index (χ2n) is 4.40. The number of aryl methyl sites for hydroxylation is 1. The molecule has 5 heteroatoms. The molecule has 0 bridgehead atoms. The number of nitro groups is 1. The third kappa shape index (κ3) is 3.12. The smallest absolute Gasteiger partial charge is 0.271 e. The van der Waals surface area contributed by atoms with Gasteiger partial charge in [0, 0.05) is 18.7 Å². The van der Waals surface area contributed by atoms with Gasteiger partial charge in [-0.25, -0.2) is 4.39 Å². The lowest BCUT2D eigenvalue weighted by Crippen LogP contribution is -2.04. The molecular weight excluding hydrogens is 259 g/mol. The molecule has 0 aliphatic rings. The summed E-state index contributed by atoms with van der Waals surface area (Å²) in [6.07, 6.45) is 0.884. The third-order valence-corrected chi connectivity index (χ3v) is 3.13. The van der Waals surface area contributed by atoms with E-state index in [-0.39, 0.29) is 11.4 Å². The molecule has 0 aromatic heterocycles. The van der Waals surface area contributed by atoms with Crippen molar-refractivity contribution in [3.63, 3.8) is 0 Å². The third-order valence-electron chi connectivity index (χ3n) is 3.13. The van der Waals surface area contributed by atoms with Crippen LogP contribution in [0.1, 0.15) is 18.1 Å². The summed E-state index contributed by atoms with van der Waals surface area (Å²) in [7, 11) is 0. The molecule has 20 heavy (non-hydrogen) atoms. The van der Waals surface area contributed by atoms with E-state index in [0.717, 1.165) is 24.1 Å². The number of hydrogen-bond donors (Lipinski definition) is 1. The molecule has 0 spiro atoms. The molecule has 0 heterocycles. The van der Waals surface area contributed by atoms with Gasteiger partial charge in [-0.15, -0.1) is 0 Å². The standard InChI is InChI=1S/C15H15FN2O2/c1-2-11-5-3-4-6-12(11)10-17-15-9-13(18(19)20)7-8-14(15)16/h3-9,17H,2,10H2,1H3. The van der Waals surface area contributed by atoms with Gasteiger partial charge in [-0.05, 0) is 23.6 Å². The van der Waals surface area contributed by atoms with E-state index in [1.165, 1.54) is 11.6 Å². The van der Waals surface area contributed by atoms with Gasteiger partial charge in [-0.3, -0.25) is 10.1 Å². The molecule has 0 saturated carbocycles. The Morgan fingerprint density at radius 3 is 2.55 bits per heavy atom. The van der Waals surface area contributed by atoms with Crippen molar-refractivity contribution in [1.29, 1.82) is 0 Å². The quantitative estimate of drug-likeness (QED) is 0.664. The van der Waals surface area contributed by atoms with Crippen molar-refractivity contribution >= 4 is 11.4 Å². The van der Waals surface area contributed by atoms with Crippen molar-refractivity contribution in [1.82, 2.24) is 0 Å². The van der Waals surface area contributed by atoms with Gasteiger partial charge in [0.05, 0.1) is 10.6 Å². The molecule has 0 atom stereocenters. The van der Waals surface area contributed by atoms with Gasteiger partial charge < -0.3 is 5.32 Å². The lowest BCUT2D eigenvalue weighted by Gasteiger charge is -2.10. The Kier molecular flexibility index (Phi) is 4.30. The minimum absolute atomic E-state index is 0.127. The number of benzene rings is 2. The van der Waals surface area contributed by atoms with Crippen LogP contribution < -0.4 is 5.32 Å². The van der Waals surface area contributed by atoms with E-state index >= 15 is 0 Å². The molecule has 0 fully saturated rings. The van der Waals surface area contributed by atoms with Crippen molar-refractivity contribution in [2.75, 3.05) is 5.32 Å². The topological polar surface area (TPSA) is 55.2 Å². The fourth-order valence-electron chi connectivity index (χ4n) is 2.03. The average molecular weight is 274 g/mol. The molecular formula is C15H15FN2O2. The molecule has 0 radical (unpaired) electrons. The summed E-state index contributed by atoms with van der Waals surface area (Å²) >= 11 is 0. The number of nitro benzene ring substituents is 1. The summed E-state index contributed by atoms with van der Waals surface area (Å²) in [4.78, 5) is 10.2. The van der Waals surface area contributed by atoms with Gasteiger partial charge in [0.25, 0.3) is 5.69 Å². The fourth-order valence-corrected chi connectivity index (χ4v) is 2.03. The zero-order valence-corrected chi connectivity index (χ0v) is 11.1. The first-order valence-electron chi connectivity index (χ1n) is 6.36. The highest BCUT2D eigenvalue weighted by atomic mass is 19.1. The number of non-ortho nitro benzene ring substituents is 1. The SMILES string of the molecule is CCc1ccccc1CNc1cc([N+](=O)[O-])ccc1F. The van der Waals surface area contributed by atoms with Crippen LogP contribution >= 0.6 is 0 Å². The summed E-state index contributed by atoms with van der Waals surface area (Å²) in [5.41, 5.74) is 2.24. The lowest BCUT2D eigenvalue weighted by atomic mass is 10.1. The van der Waals surface area contributed by atoms with Crippen LogP contribution in [0, 0.1) is 15.9 Å². The molecule has 1 N–H and O–H groups in total. The maximum Gasteiger partial charge on any atom is 0.271 e. The first kappa shape index (κ1) is 14.0. The van der Waals surface area contributed by atoms with E-state index in [2.05, 4.69) is 5.32 Å². The molecule has 104 valence electrons. The molecule has 0 amide bonds. The van der Waals surface area contributed by atoms with Gasteiger partial charge >= 0.3 is 0 Å². The van der Waals surface area contributed by atoms with Crippen molar-refractivity contribution < 1.29 is 9.31 Å². The van der Waals surface area contributed by atoms with E-state index in [4.69, 9.17) is 0 Å². The minimum Gasteiger partial charge on any atom is -0.378 e. The molecule has 2 aromatic rings. The van der Waals surface area contributed by atoms with Gasteiger partial charge in [0.1, 0.15) is 5.82 Å². The number of nitrogens with one attached hydrogen (secondary N) is 1. The average Bonchev–Trinajstić information content (AvgIpc) is 2.46. The van der Waals surface area contributed by atoms with Crippen LogP contribution in [-0.2, 0) is 13.0 Å². The summed E-state index contributed by atoms with van der Waals surface area (Å²) in [6.45, 7) is 2.48. The monoisotopic (exact) mass is 274 g/mol. The van der Waals surface area contributed by atoms with Crippen LogP contribution in [0.3, 0.4) is 0 Å². The van der Waals surface area contributed by atoms with E-state index in [0.29, 0.717) is 6.54 Å². The number of nitrogens with zero attached hydrogens (tertiary/aromatic N) is 1. The predicted molar refractivity (Wildman–Crippen MR) is 76.2 cm³/mol. The number of anilines is 1. The highest BCUT2D eigenvalue weighted by molar-refractivity contribution is 5.52. The van der Waals surface area contributed by atoms with Crippen molar-refractivity contribution in [3.8, 4) is 0 Å². The van der Waals surface area contributed by atoms with Gasteiger partial charge in [-0.1, -0.05) is 31.2 Å². The first-order valence-corrected chi connectivity index (χ1v) is 6.36. The Bertz CT molecular complexity index is 629. The van der Waals surface area contributed by atoms with Crippen molar-refractivity contribution in [2.45, 2.75) is 19.9 Å². The number of hydrogen-bond acceptors (Lipinski definition) is 3. The maximum absolute atomic E-state index is 13.6. The van der Waals surface area contributed by atoms with Crippen LogP contribution in [0.25, 0.3) is 0 Å². The summed E-state index contributed by atoms with van der Waals surface area (Å²) in [5, 5.41) is 13.6. The first-order chi connectivity index (χ1) is 9.61. The second kappa shape index (κ2) is 6.14. The largest absolute Gasteiger partial charge is 0.378 e. The molecule has 2 rings (SSSR count). The van der Waals surface area contributed by atoms with Crippen LogP contribution in [-0.4, -0.2) is 4.92 Å². The summed E-state index contributed by atoms with van der Waals surface area (Å²) in [5.74, 6) is -0.496. The molecule has 0 aliphatic carbocycles. The van der Waals surface area contributed by atoms with Crippen LogP contribution in [0.2, 0.25) is 0 Å². The molecule has 0 aliphatic heterocycles. The number of rotatable bonds is 5. The highest BCUT2D eigenvalue weighted by Gasteiger charge is 2.10. The zero-order chi connectivity index (χ0) is 14.5. The van der Waals surface area contributed by atoms with E-state index in [1.807, 2.05) is 31.2 Å². The van der Waals surface area contributed by atoms with E-state index in [9.17, 15) is 14.5 Å². The lowest BCUT2D eigenvalue weighted by molar-refractivity contribution is -0.384. The fraction of sp³-hybridized carbons (Fsp3) is 0.200. The van der Waals surface area contributed by atoms with E-state index < -0.39 is 10.7 Å². The zero-order valence-electron chi connectivity index (χ0n) is 11.1. The summed E-state index contributed by atoms with van der Waals surface area (Å²) in [6, 6.07) is 11.3. The van der Waals surface area contributed by atoms with Gasteiger partial charge in [0.15, 0.2) is 0 Å². The molecule has 4 nitrogen and oxygen atoms in total. The van der Waals surface area contributed by atoms with Crippen molar-refractivity contribution in [3.05, 3.63) is 69.5 Å². The summed E-state index contributed by atoms with van der Waals surface area (Å²) < 4.78 is 13.6. The van der Waals surface area contributed by atoms with Gasteiger partial charge in [-0.2, -0.15) is 0 Å². The van der Waals surface area contributed by atoms with Crippen LogP contribution in [0.15, 0.2) is 42.5 Å². The Balaban J connectivity index is 2.18. The molecule has 2 aromatic carbocycles. The van der Waals surface area contributed by atoms with Crippen LogP contribution in [0.4, 0.5) is 15.8 Å². The minimum atomic E-state index is -0.537. The van der Waals surface area contributed by atoms with Crippen molar-refractivity contribution in [2.24, 2.45) is 0 Å². The molecule has 0 unspecified atom stereocenters.